The van der Waals surface area contributed by atoms with Crippen molar-refractivity contribution in [2.24, 2.45) is 0 Å². The van der Waals surface area contributed by atoms with Crippen LogP contribution < -0.4 is 21.3 Å². The summed E-state index contributed by atoms with van der Waals surface area (Å²) in [5.74, 6) is -13.0. The zero-order chi connectivity index (χ0) is 87.3. The highest BCUT2D eigenvalue weighted by atomic mass is 16.8. The molecular weight excluding hydrogens is 1570 g/mol. The second-order valence-corrected chi connectivity index (χ2v) is 30.1. The zero-order valence-electron chi connectivity index (χ0n) is 70.2. The van der Waals surface area contributed by atoms with Crippen molar-refractivity contribution >= 4 is 71.6 Å². The van der Waals surface area contributed by atoms with Crippen molar-refractivity contribution in [1.82, 2.24) is 21.3 Å². The van der Waals surface area contributed by atoms with Gasteiger partial charge in [0.05, 0.1) is 51.1 Å². The molecule has 7 rings (SSSR count). The third-order valence-corrected chi connectivity index (χ3v) is 19.0. The molecule has 4 aromatic carbocycles. The molecule has 3 aliphatic heterocycles. The Labute approximate surface area is 698 Å². The summed E-state index contributed by atoms with van der Waals surface area (Å²) in [6, 6.07) is 34.6. The fourth-order valence-electron chi connectivity index (χ4n) is 13.7. The molecule has 0 aromatic heterocycles. The van der Waals surface area contributed by atoms with E-state index >= 15 is 0 Å². The molecule has 0 saturated carbocycles. The number of nitrogens with one attached hydrogen (secondary N) is 4. The van der Waals surface area contributed by atoms with Gasteiger partial charge in [0.15, 0.2) is 37.0 Å². The minimum absolute atomic E-state index is 0.0678. The first kappa shape index (κ1) is 97.1. The third kappa shape index (κ3) is 32.8. The van der Waals surface area contributed by atoms with E-state index in [0.717, 1.165) is 85.1 Å². The summed E-state index contributed by atoms with van der Waals surface area (Å²) in [5.41, 5.74) is 2.16. The van der Waals surface area contributed by atoms with Crippen LogP contribution in [0.25, 0.3) is 0 Å². The predicted molar refractivity (Wildman–Crippen MR) is 423 cm³/mol. The van der Waals surface area contributed by atoms with Crippen LogP contribution in [0.3, 0.4) is 0 Å². The molecule has 17 atom stereocenters. The van der Waals surface area contributed by atoms with Crippen molar-refractivity contribution in [3.05, 3.63) is 144 Å². The molecule has 34 nitrogen and oxygen atoms in total. The van der Waals surface area contributed by atoms with E-state index in [1.54, 1.807) is 39.0 Å². The van der Waals surface area contributed by atoms with E-state index in [1.165, 1.54) is 12.1 Å². The van der Waals surface area contributed by atoms with Gasteiger partial charge in [-0.1, -0.05) is 135 Å². The van der Waals surface area contributed by atoms with Gasteiger partial charge in [0.25, 0.3) is 5.79 Å². The van der Waals surface area contributed by atoms with E-state index in [-0.39, 0.29) is 51.1 Å². The van der Waals surface area contributed by atoms with Crippen LogP contribution in [-0.2, 0) is 153 Å². The Morgan fingerprint density at radius 1 is 0.525 bits per heavy atom. The van der Waals surface area contributed by atoms with Crippen LogP contribution in [0, 0.1) is 0 Å². The SMILES string of the molecule is COC(=O)[C@@]1(O[C@H]2[C@@H](OC(C)=O)[C@@H](COC(=O)c3ccccc3)O[C@@H](OCCCCCCNC(=O)CC[C@H](NC(=O)OC(C)(C)C)C(=O)NCCCCCCO[C@@H]3O[C@@H](C)[C@@H](OCc4ccccc4)[C@@H](OCc4ccccc4)[C@@H]3OCc3ccccc3)[C@@H]2OC(C)=O)C[C@H](OC(C)=O)[C@@H](NC(C)=O)[C@H]([C@H](OC(C)=O)[C@@H](COC(C)=O)OC(C)=O)O1. The summed E-state index contributed by atoms with van der Waals surface area (Å²) in [6.07, 6.45) is -17.2. The van der Waals surface area contributed by atoms with Gasteiger partial charge in [-0.15, -0.1) is 0 Å². The Balaban J connectivity index is 0.975. The molecule has 120 heavy (non-hydrogen) atoms. The molecule has 0 radical (unpaired) electrons. The van der Waals surface area contributed by atoms with Crippen molar-refractivity contribution < 1.29 is 143 Å². The molecule has 4 N–H and O–H groups in total. The highest BCUT2D eigenvalue weighted by Gasteiger charge is 2.64. The molecule has 0 unspecified atom stereocenters. The van der Waals surface area contributed by atoms with Gasteiger partial charge in [-0.2, -0.15) is 0 Å². The second-order valence-electron chi connectivity index (χ2n) is 30.1. The number of esters is 8. The van der Waals surface area contributed by atoms with Gasteiger partial charge < -0.3 is 107 Å². The van der Waals surface area contributed by atoms with Crippen molar-refractivity contribution in [3.63, 3.8) is 0 Å². The van der Waals surface area contributed by atoms with Crippen LogP contribution in [0.15, 0.2) is 121 Å². The molecular formula is C86H116N4O30. The van der Waals surface area contributed by atoms with Gasteiger partial charge in [0.1, 0.15) is 67.6 Å². The lowest BCUT2D eigenvalue weighted by Crippen LogP contribution is -2.72. The smallest absolute Gasteiger partial charge is 0.408 e. The number of amides is 4. The third-order valence-electron chi connectivity index (χ3n) is 19.0. The number of hydrogen-bond donors (Lipinski definition) is 4. The summed E-state index contributed by atoms with van der Waals surface area (Å²) in [5, 5.41) is 11.0. The van der Waals surface area contributed by atoms with Crippen molar-refractivity contribution in [1.29, 1.82) is 0 Å². The number of alkyl carbamates (subject to hydrolysis) is 1. The van der Waals surface area contributed by atoms with Crippen LogP contribution in [0.2, 0.25) is 0 Å². The van der Waals surface area contributed by atoms with Gasteiger partial charge in [-0.05, 0) is 88.6 Å². The standard InChI is InChI=1S/C86H116N4O30/c1-53-71(107-48-61-33-21-17-22-34-61)75(108-49-62-35-23-18-24-36-62)77(109-50-63-37-25-19-26-38-63)81(111-53)104-45-31-16-14-30-44-88-79(99)65(90-84(102)120-85(9,10)11)41-42-69(98)87-43-29-13-15-32-46-105-82-78(116-60(8)97)76(73(115-59(7)96)68(117-82)52-110-80(100)64-39-27-20-28-40-64)119-86(83(101)103-12)47-66(112-56(4)93)70(89-54(2)91)74(118-86)72(114-58(6)95)67(113-57(5)94)51-106-55(3)92/h17-28,33-40,53,65-68,70-78,81-82H,13-16,29-32,41-52H2,1-12H3,(H,87,98)(H,88,99)(H,89,91)(H,90,102)/t53-,65-,66-,67+,68+,70+,71+,72+,73-,74+,75+,76-,77-,78+,81+,82+,86-/m0/s1. The number of benzene rings is 4. The van der Waals surface area contributed by atoms with Crippen molar-refractivity contribution in [3.8, 4) is 0 Å². The van der Waals surface area contributed by atoms with Gasteiger partial charge in [-0.25, -0.2) is 14.4 Å². The molecule has 4 amide bonds. The van der Waals surface area contributed by atoms with E-state index in [0.29, 0.717) is 51.9 Å². The molecule has 3 aliphatic rings. The number of carbonyl (C=O) groups excluding carboxylic acids is 12. The quantitative estimate of drug-likeness (QED) is 0.0185. The Morgan fingerprint density at radius 2 is 1.03 bits per heavy atom. The minimum atomic E-state index is -3.01. The molecule has 34 heteroatoms. The molecule has 4 aromatic rings. The van der Waals surface area contributed by atoms with Gasteiger partial charge >= 0.3 is 53.8 Å². The Bertz CT molecular complexity index is 3910. The highest BCUT2D eigenvalue weighted by molar-refractivity contribution is 5.89. The number of unbranched alkanes of at least 4 members (excludes halogenated alkanes) is 6. The number of carbonyl (C=O) groups is 12. The van der Waals surface area contributed by atoms with E-state index in [4.69, 9.17) is 85.3 Å². The number of ether oxygens (including phenoxy) is 18. The lowest BCUT2D eigenvalue weighted by Gasteiger charge is -2.51. The second kappa shape index (κ2) is 49.6. The topological polar surface area (TPSA) is 419 Å². The molecule has 0 aliphatic carbocycles. The maximum Gasteiger partial charge on any atom is 0.408 e. The zero-order valence-corrected chi connectivity index (χ0v) is 70.2. The first-order chi connectivity index (χ1) is 57.3. The Kier molecular flexibility index (Phi) is 40.2. The van der Waals surface area contributed by atoms with Crippen LogP contribution in [0.5, 0.6) is 0 Å². The fourth-order valence-corrected chi connectivity index (χ4v) is 13.7. The molecule has 660 valence electrons. The Hall–Kier alpha value is -10.0. The summed E-state index contributed by atoms with van der Waals surface area (Å²) >= 11 is 0. The van der Waals surface area contributed by atoms with Gasteiger partial charge in [0, 0.05) is 81.2 Å². The predicted octanol–water partition coefficient (Wildman–Crippen LogP) is 7.90. The van der Waals surface area contributed by atoms with Crippen LogP contribution >= 0.6 is 0 Å². The average Bonchev–Trinajstić information content (AvgIpc) is 0.737. The molecule has 0 bridgehead atoms. The van der Waals surface area contributed by atoms with Gasteiger partial charge in [0.2, 0.25) is 17.7 Å². The van der Waals surface area contributed by atoms with Crippen LogP contribution in [-0.4, -0.2) is 227 Å². The maximum absolute atomic E-state index is 14.8. The highest BCUT2D eigenvalue weighted by Crippen LogP contribution is 2.42. The molecule has 0 spiro atoms. The summed E-state index contributed by atoms with van der Waals surface area (Å²) < 4.78 is 110. The normalized spacial score (nSPS) is 23.4. The van der Waals surface area contributed by atoms with Crippen LogP contribution in [0.4, 0.5) is 4.79 Å². The summed E-state index contributed by atoms with van der Waals surface area (Å²) in [4.78, 5) is 160. The van der Waals surface area contributed by atoms with E-state index in [2.05, 4.69) is 21.3 Å². The number of rotatable bonds is 46. The first-order valence-electron chi connectivity index (χ1n) is 40.3. The van der Waals surface area contributed by atoms with Gasteiger partial charge in [-0.3, -0.25) is 43.2 Å². The monoisotopic (exact) mass is 1680 g/mol. The van der Waals surface area contributed by atoms with E-state index in [1.807, 2.05) is 97.9 Å². The van der Waals surface area contributed by atoms with E-state index in [9.17, 15) is 57.5 Å². The molecule has 3 heterocycles. The van der Waals surface area contributed by atoms with Crippen LogP contribution in [0.1, 0.15) is 174 Å². The largest absolute Gasteiger partial charge is 0.465 e. The fraction of sp³-hybridized carbons (Fsp3) is 0.581. The average molecular weight is 1690 g/mol. The molecule has 3 fully saturated rings. The number of hydrogen-bond acceptors (Lipinski definition) is 30. The molecule has 3 saturated heterocycles. The summed E-state index contributed by atoms with van der Waals surface area (Å²) in [7, 11) is 0.905. The Morgan fingerprint density at radius 3 is 1.55 bits per heavy atom. The lowest BCUT2D eigenvalue weighted by molar-refractivity contribution is -0.371. The maximum atomic E-state index is 14.8. The van der Waals surface area contributed by atoms with Crippen molar-refractivity contribution in [2.75, 3.05) is 46.6 Å². The minimum Gasteiger partial charge on any atom is -0.465 e. The summed E-state index contributed by atoms with van der Waals surface area (Å²) in [6.45, 7) is 14.0. The number of methoxy groups -OCH3 is 1. The lowest BCUT2D eigenvalue weighted by atomic mass is 9.87. The first-order valence-corrected chi connectivity index (χ1v) is 40.3. The van der Waals surface area contributed by atoms with E-state index < -0.39 is 201 Å². The van der Waals surface area contributed by atoms with Crippen molar-refractivity contribution in [2.45, 2.75) is 276 Å².